The molecule has 31 heavy (non-hydrogen) atoms. The minimum Gasteiger partial charge on any atom is -0.507 e. The van der Waals surface area contributed by atoms with Gasteiger partial charge in [-0.1, -0.05) is 45.9 Å². The number of hydrogen-bond donors (Lipinski definition) is 2. The van der Waals surface area contributed by atoms with Gasteiger partial charge < -0.3 is 10.0 Å². The molecule has 2 N–H and O–H groups in total. The fourth-order valence-corrected chi connectivity index (χ4v) is 3.95. The molecule has 1 aliphatic rings. The van der Waals surface area contributed by atoms with Crippen molar-refractivity contribution in [2.75, 3.05) is 18.0 Å². The molecule has 1 fully saturated rings. The summed E-state index contributed by atoms with van der Waals surface area (Å²) < 4.78 is 0. The normalized spacial score (nSPS) is 14.9. The number of phenols is 1. The van der Waals surface area contributed by atoms with Gasteiger partial charge in [0.15, 0.2) is 0 Å². The van der Waals surface area contributed by atoms with E-state index in [1.165, 1.54) is 24.9 Å². The number of anilines is 1. The number of benzene rings is 2. The lowest BCUT2D eigenvalue weighted by Gasteiger charge is -2.28. The van der Waals surface area contributed by atoms with E-state index in [2.05, 4.69) is 41.4 Å². The molecule has 0 spiro atoms. The monoisotopic (exact) mass is 421 g/mol. The van der Waals surface area contributed by atoms with Gasteiger partial charge in [0.25, 0.3) is 5.91 Å². The number of hydrazone groups is 1. The van der Waals surface area contributed by atoms with E-state index in [4.69, 9.17) is 0 Å². The van der Waals surface area contributed by atoms with Crippen LogP contribution in [0.2, 0.25) is 0 Å². The summed E-state index contributed by atoms with van der Waals surface area (Å²) in [6.07, 6.45) is 3.81. The van der Waals surface area contributed by atoms with E-state index in [1.807, 2.05) is 39.0 Å². The molecule has 0 bridgehead atoms. The van der Waals surface area contributed by atoms with Crippen molar-refractivity contribution in [3.05, 3.63) is 58.7 Å². The Morgan fingerprint density at radius 3 is 2.23 bits per heavy atom. The van der Waals surface area contributed by atoms with Gasteiger partial charge in [0.2, 0.25) is 0 Å². The van der Waals surface area contributed by atoms with E-state index in [1.54, 1.807) is 6.07 Å². The van der Waals surface area contributed by atoms with Crippen LogP contribution in [0.1, 0.15) is 92.8 Å². The van der Waals surface area contributed by atoms with E-state index in [-0.39, 0.29) is 23.1 Å². The van der Waals surface area contributed by atoms with Crippen LogP contribution >= 0.6 is 0 Å². The molecular formula is C26H35N3O2. The summed E-state index contributed by atoms with van der Waals surface area (Å²) in [6, 6.07) is 12.1. The van der Waals surface area contributed by atoms with Gasteiger partial charge in [-0.3, -0.25) is 4.79 Å². The maximum Gasteiger partial charge on any atom is 0.275 e. The highest BCUT2D eigenvalue weighted by Gasteiger charge is 2.19. The minimum atomic E-state index is -0.397. The Morgan fingerprint density at radius 2 is 1.65 bits per heavy atom. The van der Waals surface area contributed by atoms with Gasteiger partial charge in [-0.25, -0.2) is 5.43 Å². The van der Waals surface area contributed by atoms with E-state index < -0.39 is 5.91 Å². The van der Waals surface area contributed by atoms with Crippen LogP contribution in [0.5, 0.6) is 5.75 Å². The topological polar surface area (TPSA) is 64.9 Å². The third-order valence-corrected chi connectivity index (χ3v) is 6.03. The highest BCUT2D eigenvalue weighted by atomic mass is 16.3. The van der Waals surface area contributed by atoms with Crippen LogP contribution in [0.3, 0.4) is 0 Å². The standard InChI is InChI=1S/C26H35N3O2/c1-17(2)21-15-23(18(3)4)25(30)24(16-21)26(31)28-27-19(5)20-9-11-22(12-10-20)29-13-7-6-8-14-29/h9-12,15-18,30H,6-8,13-14H2,1-5H3,(H,28,31)/b27-19-. The first-order valence-corrected chi connectivity index (χ1v) is 11.3. The lowest BCUT2D eigenvalue weighted by molar-refractivity contribution is 0.0952. The van der Waals surface area contributed by atoms with Crippen LogP contribution < -0.4 is 10.3 Å². The van der Waals surface area contributed by atoms with Crippen molar-refractivity contribution in [1.82, 2.24) is 5.43 Å². The van der Waals surface area contributed by atoms with Crippen molar-refractivity contribution >= 4 is 17.3 Å². The van der Waals surface area contributed by atoms with Crippen LogP contribution in [0.15, 0.2) is 41.5 Å². The van der Waals surface area contributed by atoms with Gasteiger partial charge in [0, 0.05) is 18.8 Å². The number of rotatable bonds is 6. The summed E-state index contributed by atoms with van der Waals surface area (Å²) in [5.41, 5.74) is 7.63. The summed E-state index contributed by atoms with van der Waals surface area (Å²) in [5.74, 6) is 0.0176. The van der Waals surface area contributed by atoms with Gasteiger partial charge in [0.1, 0.15) is 5.75 Å². The van der Waals surface area contributed by atoms with Crippen molar-refractivity contribution in [2.45, 2.75) is 65.7 Å². The molecule has 1 saturated heterocycles. The Hall–Kier alpha value is -2.82. The first-order chi connectivity index (χ1) is 14.8. The van der Waals surface area contributed by atoms with E-state index in [0.717, 1.165) is 35.5 Å². The number of carbonyl (C=O) groups is 1. The molecule has 0 aliphatic carbocycles. The van der Waals surface area contributed by atoms with E-state index in [9.17, 15) is 9.90 Å². The lowest BCUT2D eigenvalue weighted by atomic mass is 9.92. The molecular weight excluding hydrogens is 386 g/mol. The molecule has 0 radical (unpaired) electrons. The second-order valence-electron chi connectivity index (χ2n) is 9.05. The zero-order valence-electron chi connectivity index (χ0n) is 19.4. The van der Waals surface area contributed by atoms with Crippen molar-refractivity contribution in [3.63, 3.8) is 0 Å². The summed E-state index contributed by atoms with van der Waals surface area (Å²) in [5, 5.41) is 15.0. The zero-order valence-corrected chi connectivity index (χ0v) is 19.4. The summed E-state index contributed by atoms with van der Waals surface area (Å²) in [7, 11) is 0. The van der Waals surface area contributed by atoms with Crippen LogP contribution in [0, 0.1) is 0 Å². The second-order valence-corrected chi connectivity index (χ2v) is 9.05. The third-order valence-electron chi connectivity index (χ3n) is 6.03. The Kier molecular flexibility index (Phi) is 7.37. The lowest BCUT2D eigenvalue weighted by Crippen LogP contribution is -2.29. The quantitative estimate of drug-likeness (QED) is 0.459. The molecule has 0 aromatic heterocycles. The van der Waals surface area contributed by atoms with Gasteiger partial charge >= 0.3 is 0 Å². The van der Waals surface area contributed by atoms with E-state index in [0.29, 0.717) is 0 Å². The second kappa shape index (κ2) is 9.99. The average molecular weight is 422 g/mol. The van der Waals surface area contributed by atoms with E-state index >= 15 is 0 Å². The maximum atomic E-state index is 12.8. The molecule has 1 amide bonds. The first-order valence-electron chi connectivity index (χ1n) is 11.3. The molecule has 0 atom stereocenters. The van der Waals surface area contributed by atoms with Gasteiger partial charge in [-0.15, -0.1) is 0 Å². The zero-order chi connectivity index (χ0) is 22.5. The molecule has 3 rings (SSSR count). The molecule has 1 heterocycles. The fraction of sp³-hybridized carbons (Fsp3) is 0.462. The molecule has 0 saturated carbocycles. The summed E-state index contributed by atoms with van der Waals surface area (Å²) in [4.78, 5) is 15.2. The number of nitrogens with zero attached hydrogens (tertiary/aromatic N) is 2. The number of carbonyl (C=O) groups excluding carboxylic acids is 1. The van der Waals surface area contributed by atoms with Crippen LogP contribution in [-0.2, 0) is 0 Å². The van der Waals surface area contributed by atoms with Crippen LogP contribution in [0.4, 0.5) is 5.69 Å². The predicted octanol–water partition coefficient (Wildman–Crippen LogP) is 5.78. The predicted molar refractivity (Wildman–Crippen MR) is 128 cm³/mol. The smallest absolute Gasteiger partial charge is 0.275 e. The van der Waals surface area contributed by atoms with Crippen LogP contribution in [0.25, 0.3) is 0 Å². The molecule has 5 nitrogen and oxygen atoms in total. The van der Waals surface area contributed by atoms with Crippen LogP contribution in [-0.4, -0.2) is 29.8 Å². The molecule has 2 aromatic carbocycles. The number of aromatic hydroxyl groups is 1. The van der Waals surface area contributed by atoms with Crippen molar-refractivity contribution in [3.8, 4) is 5.75 Å². The Bertz CT molecular complexity index is 940. The van der Waals surface area contributed by atoms with Crippen molar-refractivity contribution in [1.29, 1.82) is 0 Å². The number of amides is 1. The van der Waals surface area contributed by atoms with Gasteiger partial charge in [-0.2, -0.15) is 5.10 Å². The largest absolute Gasteiger partial charge is 0.507 e. The highest BCUT2D eigenvalue weighted by Crippen LogP contribution is 2.33. The molecule has 166 valence electrons. The minimum absolute atomic E-state index is 0.0376. The number of piperidine rings is 1. The fourth-order valence-electron chi connectivity index (χ4n) is 3.95. The first kappa shape index (κ1) is 22.9. The van der Waals surface area contributed by atoms with Crippen molar-refractivity contribution in [2.24, 2.45) is 5.10 Å². The molecule has 1 aliphatic heterocycles. The summed E-state index contributed by atoms with van der Waals surface area (Å²) in [6.45, 7) is 12.3. The molecule has 5 heteroatoms. The third kappa shape index (κ3) is 5.46. The van der Waals surface area contributed by atoms with Gasteiger partial charge in [0.05, 0.1) is 11.3 Å². The Balaban J connectivity index is 1.76. The summed E-state index contributed by atoms with van der Waals surface area (Å²) >= 11 is 0. The SMILES string of the molecule is C/C(=N/NC(=O)c1cc(C(C)C)cc(C(C)C)c1O)c1ccc(N2CCCCC2)cc1. The average Bonchev–Trinajstić information content (AvgIpc) is 2.77. The highest BCUT2D eigenvalue weighted by molar-refractivity contribution is 6.02. The number of phenolic OH excluding ortho intramolecular Hbond substituents is 1. The van der Waals surface area contributed by atoms with Crippen molar-refractivity contribution < 1.29 is 9.90 Å². The molecule has 2 aromatic rings. The van der Waals surface area contributed by atoms with Gasteiger partial charge in [-0.05, 0) is 72.9 Å². The maximum absolute atomic E-state index is 12.8. The Morgan fingerprint density at radius 1 is 1.00 bits per heavy atom. The number of nitrogens with one attached hydrogen (secondary N) is 1. The Labute approximate surface area is 186 Å². The molecule has 0 unspecified atom stereocenters. The number of hydrogen-bond acceptors (Lipinski definition) is 4.